The molecule has 3 nitrogen and oxygen atoms in total. The highest BCUT2D eigenvalue weighted by Crippen LogP contribution is 2.23. The number of quaternary nitrogens is 1. The van der Waals surface area contributed by atoms with Gasteiger partial charge in [0.1, 0.15) is 11.1 Å². The predicted octanol–water partition coefficient (Wildman–Crippen LogP) is 1.26. The number of unbranched alkanes of at least 4 members (excludes halogenated alkanes) is 1. The molecule has 1 unspecified atom stereocenters. The Morgan fingerprint density at radius 1 is 1.31 bits per heavy atom. The van der Waals surface area contributed by atoms with E-state index in [0.717, 1.165) is 13.1 Å². The zero-order valence-corrected chi connectivity index (χ0v) is 11.3. The van der Waals surface area contributed by atoms with Crippen molar-refractivity contribution in [2.75, 3.05) is 13.1 Å². The Hall–Kier alpha value is -0.380. The van der Waals surface area contributed by atoms with Crippen LogP contribution >= 0.6 is 0 Å². The van der Waals surface area contributed by atoms with E-state index in [-0.39, 0.29) is 11.1 Å². The summed E-state index contributed by atoms with van der Waals surface area (Å²) >= 11 is 0. The minimum Gasteiger partial charge on any atom is -0.633 e. The Labute approximate surface area is 99.5 Å². The molecule has 0 saturated carbocycles. The summed E-state index contributed by atoms with van der Waals surface area (Å²) in [6.07, 6.45) is 4.55. The van der Waals surface area contributed by atoms with Crippen LogP contribution in [0.1, 0.15) is 47.5 Å². The Bertz CT molecular complexity index is 269. The van der Waals surface area contributed by atoms with Crippen LogP contribution in [0.4, 0.5) is 0 Å². The molecule has 3 heteroatoms. The van der Waals surface area contributed by atoms with Crippen molar-refractivity contribution in [2.45, 2.75) is 58.5 Å². The SMILES string of the molecule is CCCCNCC1=CC(C)(C)[NH+]([O-])C1(C)C. The third-order valence-electron chi connectivity index (χ3n) is 3.51. The van der Waals surface area contributed by atoms with Crippen LogP contribution in [0, 0.1) is 5.21 Å². The lowest BCUT2D eigenvalue weighted by Crippen LogP contribution is -3.20. The average Bonchev–Trinajstić information content (AvgIpc) is 2.34. The molecule has 1 atom stereocenters. The summed E-state index contributed by atoms with van der Waals surface area (Å²) in [7, 11) is 0. The molecular weight excluding hydrogens is 200 g/mol. The van der Waals surface area contributed by atoms with Crippen LogP contribution in [0.5, 0.6) is 0 Å². The van der Waals surface area contributed by atoms with Crippen LogP contribution in [0.3, 0.4) is 0 Å². The second-order valence-corrected chi connectivity index (χ2v) is 5.88. The molecule has 0 saturated heterocycles. The molecule has 1 rings (SSSR count). The van der Waals surface area contributed by atoms with E-state index in [1.54, 1.807) is 0 Å². The number of hydrogen-bond acceptors (Lipinski definition) is 2. The molecule has 0 radical (unpaired) electrons. The molecule has 0 aromatic rings. The molecule has 0 spiro atoms. The van der Waals surface area contributed by atoms with E-state index in [9.17, 15) is 5.21 Å². The van der Waals surface area contributed by atoms with E-state index < -0.39 is 0 Å². The van der Waals surface area contributed by atoms with Gasteiger partial charge in [0.2, 0.25) is 0 Å². The Morgan fingerprint density at radius 2 is 1.94 bits per heavy atom. The Morgan fingerprint density at radius 3 is 2.38 bits per heavy atom. The molecule has 0 aromatic heterocycles. The van der Waals surface area contributed by atoms with Gasteiger partial charge < -0.3 is 15.6 Å². The molecule has 1 heterocycles. The van der Waals surface area contributed by atoms with E-state index in [4.69, 9.17) is 0 Å². The van der Waals surface area contributed by atoms with Gasteiger partial charge in [0.05, 0.1) is 0 Å². The van der Waals surface area contributed by atoms with Gasteiger partial charge in [-0.3, -0.25) is 0 Å². The van der Waals surface area contributed by atoms with Gasteiger partial charge in [-0.2, -0.15) is 0 Å². The lowest BCUT2D eigenvalue weighted by atomic mass is 9.96. The van der Waals surface area contributed by atoms with E-state index in [2.05, 4.69) is 18.3 Å². The van der Waals surface area contributed by atoms with E-state index in [0.29, 0.717) is 5.06 Å². The number of hydroxylamine groups is 2. The fraction of sp³-hybridized carbons (Fsp3) is 0.846. The van der Waals surface area contributed by atoms with E-state index in [1.165, 1.54) is 18.4 Å². The van der Waals surface area contributed by atoms with Crippen LogP contribution in [0.25, 0.3) is 0 Å². The predicted molar refractivity (Wildman–Crippen MR) is 68.3 cm³/mol. The third kappa shape index (κ3) is 2.65. The van der Waals surface area contributed by atoms with Crippen molar-refractivity contribution in [3.63, 3.8) is 0 Å². The minimum atomic E-state index is -0.289. The van der Waals surface area contributed by atoms with Crippen molar-refractivity contribution in [3.8, 4) is 0 Å². The van der Waals surface area contributed by atoms with Crippen molar-refractivity contribution < 1.29 is 5.06 Å². The molecule has 16 heavy (non-hydrogen) atoms. The molecular formula is C13H26N2O. The zero-order valence-electron chi connectivity index (χ0n) is 11.3. The Balaban J connectivity index is 2.59. The molecule has 0 bridgehead atoms. The number of hydrogen-bond donors (Lipinski definition) is 2. The van der Waals surface area contributed by atoms with Crippen molar-refractivity contribution >= 4 is 0 Å². The highest BCUT2D eigenvalue weighted by molar-refractivity contribution is 5.24. The number of rotatable bonds is 5. The summed E-state index contributed by atoms with van der Waals surface area (Å²) in [4.78, 5) is 0. The molecule has 94 valence electrons. The van der Waals surface area contributed by atoms with Crippen molar-refractivity contribution in [2.24, 2.45) is 0 Å². The molecule has 1 aliphatic rings. The highest BCUT2D eigenvalue weighted by atomic mass is 16.5. The van der Waals surface area contributed by atoms with Gasteiger partial charge in [-0.25, -0.2) is 0 Å². The average molecular weight is 226 g/mol. The van der Waals surface area contributed by atoms with Crippen LogP contribution in [0.2, 0.25) is 0 Å². The Kier molecular flexibility index (Phi) is 4.16. The first kappa shape index (κ1) is 13.7. The second-order valence-electron chi connectivity index (χ2n) is 5.88. The van der Waals surface area contributed by atoms with Crippen molar-refractivity contribution in [3.05, 3.63) is 16.9 Å². The lowest BCUT2D eigenvalue weighted by Gasteiger charge is -2.41. The summed E-state index contributed by atoms with van der Waals surface area (Å²) in [5.74, 6) is 0. The maximum absolute atomic E-state index is 12.2. The van der Waals surface area contributed by atoms with E-state index in [1.807, 2.05) is 27.7 Å². The zero-order chi connectivity index (χ0) is 12.4. The van der Waals surface area contributed by atoms with Gasteiger partial charge >= 0.3 is 0 Å². The molecule has 0 aliphatic carbocycles. The fourth-order valence-electron chi connectivity index (χ4n) is 2.43. The molecule has 0 aromatic carbocycles. The summed E-state index contributed by atoms with van der Waals surface area (Å²) in [6.45, 7) is 12.2. The summed E-state index contributed by atoms with van der Waals surface area (Å²) < 4.78 is 0. The first-order valence-corrected chi connectivity index (χ1v) is 6.30. The standard InChI is InChI=1S/C13H26N2O/c1-6-7-8-14-10-11-9-12(2,3)15(16)13(11,4)5/h9,14-15H,6-8,10H2,1-5H3. The van der Waals surface area contributed by atoms with Crippen LogP contribution in [-0.2, 0) is 0 Å². The number of nitrogens with one attached hydrogen (secondary N) is 2. The van der Waals surface area contributed by atoms with Crippen LogP contribution < -0.4 is 10.4 Å². The van der Waals surface area contributed by atoms with Gasteiger partial charge in [0.15, 0.2) is 0 Å². The topological polar surface area (TPSA) is 39.5 Å². The fourth-order valence-corrected chi connectivity index (χ4v) is 2.43. The van der Waals surface area contributed by atoms with Crippen molar-refractivity contribution in [1.82, 2.24) is 5.32 Å². The summed E-state index contributed by atoms with van der Waals surface area (Å²) in [6, 6.07) is 0. The first-order valence-electron chi connectivity index (χ1n) is 6.30. The maximum atomic E-state index is 12.2. The van der Waals surface area contributed by atoms with Gasteiger partial charge in [-0.1, -0.05) is 13.3 Å². The quantitative estimate of drug-likeness (QED) is 0.421. The smallest absolute Gasteiger partial charge is 0.115 e. The molecule has 0 amide bonds. The largest absolute Gasteiger partial charge is 0.633 e. The van der Waals surface area contributed by atoms with E-state index >= 15 is 0 Å². The highest BCUT2D eigenvalue weighted by Gasteiger charge is 2.44. The lowest BCUT2D eigenvalue weighted by molar-refractivity contribution is -0.927. The van der Waals surface area contributed by atoms with Crippen LogP contribution in [0.15, 0.2) is 11.6 Å². The molecule has 1 aliphatic heterocycles. The van der Waals surface area contributed by atoms with Gasteiger partial charge in [0, 0.05) is 12.1 Å². The monoisotopic (exact) mass is 226 g/mol. The molecule has 0 fully saturated rings. The van der Waals surface area contributed by atoms with Gasteiger partial charge in [-0.05, 0) is 46.7 Å². The van der Waals surface area contributed by atoms with Gasteiger partial charge in [-0.15, -0.1) is 0 Å². The minimum absolute atomic E-state index is 0.286. The van der Waals surface area contributed by atoms with Crippen LogP contribution in [-0.4, -0.2) is 24.2 Å². The maximum Gasteiger partial charge on any atom is 0.115 e. The van der Waals surface area contributed by atoms with Gasteiger partial charge in [0.25, 0.3) is 0 Å². The first-order chi connectivity index (χ1) is 7.32. The summed E-state index contributed by atoms with van der Waals surface area (Å²) in [5, 5.41) is 15.9. The normalized spacial score (nSPS) is 26.9. The summed E-state index contributed by atoms with van der Waals surface area (Å²) in [5.41, 5.74) is 0.673. The second kappa shape index (κ2) is 4.86. The molecule has 2 N–H and O–H groups in total. The van der Waals surface area contributed by atoms with Crippen molar-refractivity contribution in [1.29, 1.82) is 0 Å². The third-order valence-corrected chi connectivity index (χ3v) is 3.51.